The monoisotopic (exact) mass is 400 g/mol. The van der Waals surface area contributed by atoms with Gasteiger partial charge < -0.3 is 14.5 Å². The Hall–Kier alpha value is -2.90. The summed E-state index contributed by atoms with van der Waals surface area (Å²) in [6.45, 7) is 3.54. The highest BCUT2D eigenvalue weighted by molar-refractivity contribution is 5.96. The Labute approximate surface area is 168 Å². The van der Waals surface area contributed by atoms with E-state index in [-0.39, 0.29) is 24.2 Å². The van der Waals surface area contributed by atoms with Crippen molar-refractivity contribution in [1.29, 1.82) is 0 Å². The fourth-order valence-electron chi connectivity index (χ4n) is 4.47. The van der Waals surface area contributed by atoms with Crippen LogP contribution in [0.1, 0.15) is 40.9 Å². The third kappa shape index (κ3) is 3.47. The van der Waals surface area contributed by atoms with Gasteiger partial charge in [0.15, 0.2) is 0 Å². The average molecular weight is 400 g/mol. The number of halogens is 1. The summed E-state index contributed by atoms with van der Waals surface area (Å²) in [7, 11) is 1.53. The van der Waals surface area contributed by atoms with E-state index >= 15 is 0 Å². The van der Waals surface area contributed by atoms with Gasteiger partial charge in [-0.1, -0.05) is 0 Å². The van der Waals surface area contributed by atoms with Crippen LogP contribution in [0.5, 0.6) is 5.75 Å². The number of H-pyrrole nitrogens is 1. The van der Waals surface area contributed by atoms with Crippen LogP contribution in [0.15, 0.2) is 24.4 Å². The largest absolute Gasteiger partial charge is 0.497 e. The van der Waals surface area contributed by atoms with E-state index in [9.17, 15) is 14.0 Å². The van der Waals surface area contributed by atoms with Gasteiger partial charge in [0.1, 0.15) is 11.6 Å². The Morgan fingerprint density at radius 2 is 2.17 bits per heavy atom. The molecule has 1 aromatic carbocycles. The quantitative estimate of drug-likeness (QED) is 0.856. The molecule has 8 heteroatoms. The van der Waals surface area contributed by atoms with Crippen molar-refractivity contribution in [3.8, 4) is 5.75 Å². The van der Waals surface area contributed by atoms with Crippen LogP contribution < -0.4 is 4.74 Å². The van der Waals surface area contributed by atoms with Gasteiger partial charge in [-0.3, -0.25) is 14.7 Å². The number of aryl methyl sites for hydroxylation is 1. The molecule has 0 saturated carbocycles. The molecule has 0 bridgehead atoms. The normalized spacial score (nSPS) is 21.8. The summed E-state index contributed by atoms with van der Waals surface area (Å²) >= 11 is 0. The number of carbonyl (C=O) groups excluding carboxylic acids is 2. The topological polar surface area (TPSA) is 78.5 Å². The predicted octanol–water partition coefficient (Wildman–Crippen LogP) is 2.52. The van der Waals surface area contributed by atoms with E-state index < -0.39 is 5.41 Å². The Kier molecular flexibility index (Phi) is 5.02. The zero-order valence-corrected chi connectivity index (χ0v) is 16.7. The molecule has 3 heterocycles. The molecular formula is C21H25FN4O3. The first-order valence-corrected chi connectivity index (χ1v) is 9.84. The molecule has 1 unspecified atom stereocenters. The number of likely N-dealkylation sites (tertiary alicyclic amines) is 2. The molecule has 2 aromatic rings. The van der Waals surface area contributed by atoms with Crippen LogP contribution in [0.4, 0.5) is 4.39 Å². The fraction of sp³-hybridized carbons (Fsp3) is 0.476. The molecule has 29 heavy (non-hydrogen) atoms. The summed E-state index contributed by atoms with van der Waals surface area (Å²) in [6, 6.07) is 4.56. The number of carbonyl (C=O) groups is 2. The van der Waals surface area contributed by atoms with Gasteiger partial charge in [-0.15, -0.1) is 0 Å². The van der Waals surface area contributed by atoms with Gasteiger partial charge >= 0.3 is 0 Å². The smallest absolute Gasteiger partial charge is 0.257 e. The SMILES string of the molecule is COc1ccc(F)c(CN2CCCC3(CCN(C(=O)c4cn[nH]c4C)C3)C2=O)c1. The third-order valence-electron chi connectivity index (χ3n) is 6.14. The Morgan fingerprint density at radius 1 is 1.34 bits per heavy atom. The molecule has 154 valence electrons. The van der Waals surface area contributed by atoms with Crippen LogP contribution >= 0.6 is 0 Å². The van der Waals surface area contributed by atoms with Crippen LogP contribution in [0, 0.1) is 18.2 Å². The van der Waals surface area contributed by atoms with Gasteiger partial charge in [0.05, 0.1) is 24.3 Å². The Morgan fingerprint density at radius 3 is 2.90 bits per heavy atom. The number of nitrogens with one attached hydrogen (secondary N) is 1. The standard InChI is InChI=1S/C21H25FN4O3/c1-14-17(11-23-24-14)19(27)26-9-7-21(13-26)6-3-8-25(20(21)28)12-15-10-16(29-2)4-5-18(15)22/h4-5,10-11H,3,6-9,12-13H2,1-2H3,(H,23,24). The van der Waals surface area contributed by atoms with E-state index in [0.29, 0.717) is 42.9 Å². The number of nitrogens with zero attached hydrogens (tertiary/aromatic N) is 3. The number of aromatic nitrogens is 2. The van der Waals surface area contributed by atoms with Crippen molar-refractivity contribution in [2.24, 2.45) is 5.41 Å². The van der Waals surface area contributed by atoms with Crippen LogP contribution in [-0.4, -0.2) is 58.6 Å². The molecular weight excluding hydrogens is 375 g/mol. The van der Waals surface area contributed by atoms with Crippen LogP contribution in [0.2, 0.25) is 0 Å². The van der Waals surface area contributed by atoms with E-state index in [4.69, 9.17) is 4.74 Å². The highest BCUT2D eigenvalue weighted by Gasteiger charge is 2.49. The molecule has 2 saturated heterocycles. The molecule has 0 radical (unpaired) electrons. The van der Waals surface area contributed by atoms with E-state index in [1.165, 1.54) is 19.4 Å². The number of hydrogen-bond acceptors (Lipinski definition) is 4. The maximum absolute atomic E-state index is 14.3. The zero-order valence-electron chi connectivity index (χ0n) is 16.7. The lowest BCUT2D eigenvalue weighted by Gasteiger charge is -2.39. The molecule has 0 aliphatic carbocycles. The maximum atomic E-state index is 14.3. The fourth-order valence-corrected chi connectivity index (χ4v) is 4.47. The van der Waals surface area contributed by atoms with Crippen LogP contribution in [0.3, 0.4) is 0 Å². The summed E-state index contributed by atoms with van der Waals surface area (Å²) in [5, 5.41) is 6.70. The minimum absolute atomic E-state index is 0.00480. The summed E-state index contributed by atoms with van der Waals surface area (Å²) in [6.07, 6.45) is 3.75. The molecule has 4 rings (SSSR count). The molecule has 2 amide bonds. The lowest BCUT2D eigenvalue weighted by Crippen LogP contribution is -2.50. The van der Waals surface area contributed by atoms with Gasteiger partial charge in [0, 0.05) is 37.4 Å². The highest BCUT2D eigenvalue weighted by atomic mass is 19.1. The maximum Gasteiger partial charge on any atom is 0.257 e. The first kappa shape index (κ1) is 19.4. The van der Waals surface area contributed by atoms with Crippen molar-refractivity contribution < 1.29 is 18.7 Å². The number of ether oxygens (including phenoxy) is 1. The number of benzene rings is 1. The van der Waals surface area contributed by atoms with Gasteiger partial charge in [0.2, 0.25) is 5.91 Å². The van der Waals surface area contributed by atoms with Crippen molar-refractivity contribution in [2.75, 3.05) is 26.7 Å². The van der Waals surface area contributed by atoms with Crippen molar-refractivity contribution in [2.45, 2.75) is 32.7 Å². The number of rotatable bonds is 4. The van der Waals surface area contributed by atoms with E-state index in [0.717, 1.165) is 18.5 Å². The Balaban J connectivity index is 1.50. The second-order valence-electron chi connectivity index (χ2n) is 7.95. The zero-order chi connectivity index (χ0) is 20.6. The van der Waals surface area contributed by atoms with Gasteiger partial charge in [-0.2, -0.15) is 5.10 Å². The Bertz CT molecular complexity index is 944. The number of piperidine rings is 1. The van der Waals surface area contributed by atoms with Gasteiger partial charge in [-0.25, -0.2) is 4.39 Å². The third-order valence-corrected chi connectivity index (χ3v) is 6.14. The number of hydrogen-bond donors (Lipinski definition) is 1. The first-order chi connectivity index (χ1) is 13.9. The summed E-state index contributed by atoms with van der Waals surface area (Å²) in [5.74, 6) is 0.118. The number of methoxy groups -OCH3 is 1. The van der Waals surface area contributed by atoms with Crippen molar-refractivity contribution >= 4 is 11.8 Å². The van der Waals surface area contributed by atoms with Crippen LogP contribution in [-0.2, 0) is 11.3 Å². The second kappa shape index (κ2) is 7.50. The molecule has 1 N–H and O–H groups in total. The lowest BCUT2D eigenvalue weighted by atomic mass is 9.78. The average Bonchev–Trinajstić information content (AvgIpc) is 3.34. The highest BCUT2D eigenvalue weighted by Crippen LogP contribution is 2.41. The first-order valence-electron chi connectivity index (χ1n) is 9.84. The van der Waals surface area contributed by atoms with E-state index in [1.807, 2.05) is 6.92 Å². The second-order valence-corrected chi connectivity index (χ2v) is 7.95. The molecule has 2 fully saturated rings. The predicted molar refractivity (Wildman–Crippen MR) is 104 cm³/mol. The van der Waals surface area contributed by atoms with Crippen LogP contribution in [0.25, 0.3) is 0 Å². The lowest BCUT2D eigenvalue weighted by molar-refractivity contribution is -0.146. The minimum Gasteiger partial charge on any atom is -0.497 e. The van der Waals surface area contributed by atoms with Gasteiger partial charge in [0.25, 0.3) is 5.91 Å². The molecule has 2 aliphatic heterocycles. The molecule has 1 atom stereocenters. The summed E-state index contributed by atoms with van der Waals surface area (Å²) in [4.78, 5) is 29.6. The summed E-state index contributed by atoms with van der Waals surface area (Å²) in [5.41, 5.74) is 1.12. The molecule has 2 aliphatic rings. The number of amides is 2. The summed E-state index contributed by atoms with van der Waals surface area (Å²) < 4.78 is 19.4. The van der Waals surface area contributed by atoms with E-state index in [2.05, 4.69) is 10.2 Å². The molecule has 1 aromatic heterocycles. The number of aromatic amines is 1. The van der Waals surface area contributed by atoms with E-state index in [1.54, 1.807) is 21.9 Å². The van der Waals surface area contributed by atoms with Gasteiger partial charge in [-0.05, 0) is 44.4 Å². The van der Waals surface area contributed by atoms with Crippen molar-refractivity contribution in [3.63, 3.8) is 0 Å². The van der Waals surface area contributed by atoms with Crippen molar-refractivity contribution in [3.05, 3.63) is 47.0 Å². The molecule has 1 spiro atoms. The minimum atomic E-state index is -0.582. The molecule has 7 nitrogen and oxygen atoms in total. The van der Waals surface area contributed by atoms with Crippen molar-refractivity contribution in [1.82, 2.24) is 20.0 Å².